The van der Waals surface area contributed by atoms with Crippen molar-refractivity contribution in [3.8, 4) is 5.88 Å². The Morgan fingerprint density at radius 2 is 2.09 bits per heavy atom. The molecule has 184 valence electrons. The SMILES string of the molecule is O=C(NCC(NS(=O)(=O)c1ccccc1)C(=O)O)c1cc(OCCCNC2NC=CCN2)no1. The molecule has 1 aliphatic heterocycles. The van der Waals surface area contributed by atoms with Crippen LogP contribution in [0, 0.1) is 0 Å². The van der Waals surface area contributed by atoms with Gasteiger partial charge in [-0.05, 0) is 29.9 Å². The van der Waals surface area contributed by atoms with Gasteiger partial charge in [-0.25, -0.2) is 8.42 Å². The molecule has 1 aromatic heterocycles. The minimum atomic E-state index is -4.09. The number of aromatic nitrogens is 1. The number of sulfonamides is 1. The lowest BCUT2D eigenvalue weighted by atomic mass is 10.3. The molecule has 0 fully saturated rings. The van der Waals surface area contributed by atoms with Crippen molar-refractivity contribution in [2.45, 2.75) is 23.6 Å². The Morgan fingerprint density at radius 1 is 1.29 bits per heavy atom. The van der Waals surface area contributed by atoms with E-state index in [1.807, 2.05) is 12.3 Å². The van der Waals surface area contributed by atoms with E-state index in [1.54, 1.807) is 6.07 Å². The van der Waals surface area contributed by atoms with Gasteiger partial charge in [0.05, 0.1) is 17.6 Å². The standard InChI is InChI=1S/C20H26N6O7S/c27-18(24-13-15(19(28)29)26-34(30,31)14-6-2-1-3-7-14)16-12-17(25-33-16)32-11-5-10-23-20-21-8-4-9-22-20/h1-4,6-8,12,15,20-23,26H,5,9-11,13H2,(H,24,27)(H,28,29). The fourth-order valence-electron chi connectivity index (χ4n) is 2.84. The number of hydrogen-bond acceptors (Lipinski definition) is 10. The summed E-state index contributed by atoms with van der Waals surface area (Å²) in [7, 11) is -4.09. The molecule has 3 rings (SSSR count). The first kappa shape index (κ1) is 25.2. The van der Waals surface area contributed by atoms with Crippen LogP contribution in [0.2, 0.25) is 0 Å². The highest BCUT2D eigenvalue weighted by atomic mass is 32.2. The maximum Gasteiger partial charge on any atom is 0.323 e. The Labute approximate surface area is 196 Å². The van der Waals surface area contributed by atoms with Crippen LogP contribution in [0.4, 0.5) is 0 Å². The van der Waals surface area contributed by atoms with E-state index in [-0.39, 0.29) is 22.8 Å². The second-order valence-corrected chi connectivity index (χ2v) is 8.85. The maximum absolute atomic E-state index is 12.4. The van der Waals surface area contributed by atoms with Crippen LogP contribution in [-0.4, -0.2) is 69.1 Å². The Morgan fingerprint density at radius 3 is 2.79 bits per heavy atom. The highest BCUT2D eigenvalue weighted by Gasteiger charge is 2.26. The molecule has 2 heterocycles. The second-order valence-electron chi connectivity index (χ2n) is 7.13. The first-order valence-corrected chi connectivity index (χ1v) is 11.9. The summed E-state index contributed by atoms with van der Waals surface area (Å²) in [5, 5.41) is 24.8. The first-order valence-electron chi connectivity index (χ1n) is 10.4. The van der Waals surface area contributed by atoms with E-state index in [2.05, 4.69) is 31.1 Å². The van der Waals surface area contributed by atoms with Crippen LogP contribution in [0.25, 0.3) is 0 Å². The van der Waals surface area contributed by atoms with Gasteiger partial charge in [0.25, 0.3) is 11.8 Å². The Bertz CT molecular complexity index is 1090. The third kappa shape index (κ3) is 7.55. The Balaban J connectivity index is 1.42. The summed E-state index contributed by atoms with van der Waals surface area (Å²) in [6.45, 7) is 1.25. The maximum atomic E-state index is 12.4. The molecule has 0 radical (unpaired) electrons. The zero-order chi connectivity index (χ0) is 24.4. The Kier molecular flexibility index (Phi) is 8.98. The molecule has 0 saturated heterocycles. The van der Waals surface area contributed by atoms with Gasteiger partial charge in [0.1, 0.15) is 12.3 Å². The predicted molar refractivity (Wildman–Crippen MR) is 119 cm³/mol. The molecule has 0 spiro atoms. The van der Waals surface area contributed by atoms with E-state index in [0.717, 1.165) is 6.54 Å². The molecular weight excluding hydrogens is 468 g/mol. The molecule has 1 amide bonds. The lowest BCUT2D eigenvalue weighted by molar-refractivity contribution is -0.138. The van der Waals surface area contributed by atoms with Gasteiger partial charge in [0.15, 0.2) is 0 Å². The molecule has 34 heavy (non-hydrogen) atoms. The molecule has 2 unspecified atom stereocenters. The number of nitrogens with zero attached hydrogens (tertiary/aromatic N) is 1. The molecule has 1 aliphatic rings. The number of carboxylic acid groups (broad SMARTS) is 1. The molecule has 0 aliphatic carbocycles. The van der Waals surface area contributed by atoms with Gasteiger partial charge in [-0.1, -0.05) is 24.3 Å². The third-order valence-electron chi connectivity index (χ3n) is 4.57. The second kappa shape index (κ2) is 12.1. The van der Waals surface area contributed by atoms with Crippen LogP contribution in [0.3, 0.4) is 0 Å². The average molecular weight is 495 g/mol. The van der Waals surface area contributed by atoms with Crippen molar-refractivity contribution < 1.29 is 32.4 Å². The van der Waals surface area contributed by atoms with Crippen molar-refractivity contribution in [3.63, 3.8) is 0 Å². The van der Waals surface area contributed by atoms with E-state index in [1.165, 1.54) is 30.3 Å². The molecule has 6 N–H and O–H groups in total. The number of rotatable bonds is 13. The molecule has 0 saturated carbocycles. The number of amides is 1. The minimum Gasteiger partial charge on any atom is -0.480 e. The van der Waals surface area contributed by atoms with Crippen LogP contribution in [0.1, 0.15) is 17.0 Å². The summed E-state index contributed by atoms with van der Waals surface area (Å²) < 4.78 is 37.1. The largest absolute Gasteiger partial charge is 0.480 e. The van der Waals surface area contributed by atoms with Gasteiger partial charge in [0.2, 0.25) is 15.8 Å². The summed E-state index contributed by atoms with van der Waals surface area (Å²) in [5.41, 5.74) is 0. The Hall–Kier alpha value is -3.46. The molecular formula is C20H26N6O7S. The number of carbonyl (C=O) groups is 2. The molecule has 2 aromatic rings. The van der Waals surface area contributed by atoms with Crippen LogP contribution in [0.15, 0.2) is 58.1 Å². The van der Waals surface area contributed by atoms with Crippen LogP contribution in [-0.2, 0) is 14.8 Å². The lowest BCUT2D eigenvalue weighted by Crippen LogP contribution is -2.53. The summed E-state index contributed by atoms with van der Waals surface area (Å²) in [5.74, 6) is -2.33. The number of hydrogen-bond donors (Lipinski definition) is 6. The molecule has 13 nitrogen and oxygen atoms in total. The highest BCUT2D eigenvalue weighted by molar-refractivity contribution is 7.89. The summed E-state index contributed by atoms with van der Waals surface area (Å²) in [6, 6.07) is 6.97. The smallest absolute Gasteiger partial charge is 0.323 e. The first-order chi connectivity index (χ1) is 16.3. The number of aliphatic carboxylic acids is 1. The monoisotopic (exact) mass is 494 g/mol. The third-order valence-corrected chi connectivity index (χ3v) is 6.06. The van der Waals surface area contributed by atoms with Gasteiger partial charge in [-0.15, -0.1) is 0 Å². The predicted octanol–water partition coefficient (Wildman–Crippen LogP) is -0.815. The van der Waals surface area contributed by atoms with Gasteiger partial charge in [-0.2, -0.15) is 4.72 Å². The van der Waals surface area contributed by atoms with Crippen molar-refractivity contribution in [2.24, 2.45) is 0 Å². The quantitative estimate of drug-likeness (QED) is 0.191. The van der Waals surface area contributed by atoms with E-state index in [4.69, 9.17) is 9.26 Å². The normalized spacial score (nSPS) is 16.4. The summed E-state index contributed by atoms with van der Waals surface area (Å²) >= 11 is 0. The fourth-order valence-corrected chi connectivity index (χ4v) is 4.05. The number of carboxylic acids is 1. The van der Waals surface area contributed by atoms with Gasteiger partial charge >= 0.3 is 5.97 Å². The van der Waals surface area contributed by atoms with Gasteiger partial charge < -0.3 is 25.0 Å². The van der Waals surface area contributed by atoms with Crippen molar-refractivity contribution in [1.29, 1.82) is 0 Å². The van der Waals surface area contributed by atoms with Crippen molar-refractivity contribution in [1.82, 2.24) is 31.1 Å². The van der Waals surface area contributed by atoms with Gasteiger partial charge in [0, 0.05) is 19.6 Å². The van der Waals surface area contributed by atoms with Crippen molar-refractivity contribution >= 4 is 21.9 Å². The number of nitrogens with one attached hydrogen (secondary N) is 5. The van der Waals surface area contributed by atoms with E-state index >= 15 is 0 Å². The summed E-state index contributed by atoms with van der Waals surface area (Å²) in [4.78, 5) is 23.7. The van der Waals surface area contributed by atoms with Crippen LogP contribution in [0.5, 0.6) is 5.88 Å². The lowest BCUT2D eigenvalue weighted by Gasteiger charge is -2.22. The van der Waals surface area contributed by atoms with Crippen LogP contribution >= 0.6 is 0 Å². The number of benzene rings is 1. The highest BCUT2D eigenvalue weighted by Crippen LogP contribution is 2.12. The average Bonchev–Trinajstić information content (AvgIpc) is 3.31. The van der Waals surface area contributed by atoms with Crippen molar-refractivity contribution in [2.75, 3.05) is 26.2 Å². The zero-order valence-corrected chi connectivity index (χ0v) is 18.9. The molecule has 0 bridgehead atoms. The van der Waals surface area contributed by atoms with E-state index < -0.39 is 34.5 Å². The fraction of sp³-hybridized carbons (Fsp3) is 0.350. The van der Waals surface area contributed by atoms with Crippen molar-refractivity contribution in [3.05, 3.63) is 54.4 Å². The summed E-state index contributed by atoms with van der Waals surface area (Å²) in [6.07, 6.45) is 4.48. The number of carbonyl (C=O) groups excluding carboxylic acids is 1. The zero-order valence-electron chi connectivity index (χ0n) is 18.1. The van der Waals surface area contributed by atoms with E-state index in [9.17, 15) is 23.1 Å². The topological polar surface area (TPSA) is 184 Å². The molecule has 2 atom stereocenters. The van der Waals surface area contributed by atoms with Gasteiger partial charge in [-0.3, -0.25) is 20.2 Å². The minimum absolute atomic E-state index is 0.0147. The molecule has 14 heteroatoms. The van der Waals surface area contributed by atoms with Crippen LogP contribution < -0.4 is 30.7 Å². The molecule has 1 aromatic carbocycles. The number of ether oxygens (including phenoxy) is 1. The van der Waals surface area contributed by atoms with E-state index in [0.29, 0.717) is 19.6 Å².